The molecule has 18 heavy (non-hydrogen) atoms. The highest BCUT2D eigenvalue weighted by molar-refractivity contribution is 5.82. The highest BCUT2D eigenvalue weighted by Crippen LogP contribution is 2.25. The highest BCUT2D eigenvalue weighted by atomic mass is 16.5. The molecule has 92 valence electrons. The predicted octanol–water partition coefficient (Wildman–Crippen LogP) is 2.85. The molecule has 1 aromatic carbocycles. The Bertz CT molecular complexity index is 536. The van der Waals surface area contributed by atoms with Crippen molar-refractivity contribution in [2.24, 2.45) is 4.99 Å². The van der Waals surface area contributed by atoms with Gasteiger partial charge in [-0.3, -0.25) is 4.99 Å². The number of ether oxygens (including phenoxy) is 2. The number of benzene rings is 1. The van der Waals surface area contributed by atoms with Gasteiger partial charge < -0.3 is 9.47 Å². The molecule has 0 radical (unpaired) electrons. The van der Waals surface area contributed by atoms with Gasteiger partial charge in [-0.25, -0.2) is 4.98 Å². The fourth-order valence-electron chi connectivity index (χ4n) is 1.47. The normalized spacial score (nSPS) is 10.6. The molecule has 1 heterocycles. The number of methoxy groups -OCH3 is 2. The van der Waals surface area contributed by atoms with Crippen LogP contribution >= 0.6 is 0 Å². The maximum atomic E-state index is 5.22. The van der Waals surface area contributed by atoms with E-state index >= 15 is 0 Å². The van der Waals surface area contributed by atoms with Crippen LogP contribution < -0.4 is 9.47 Å². The quantitative estimate of drug-likeness (QED) is 0.774. The van der Waals surface area contributed by atoms with Crippen molar-refractivity contribution in [1.82, 2.24) is 4.98 Å². The Morgan fingerprint density at radius 1 is 1.06 bits per heavy atom. The van der Waals surface area contributed by atoms with Crippen molar-refractivity contribution in [3.8, 4) is 11.6 Å². The largest absolute Gasteiger partial charge is 0.494 e. The maximum Gasteiger partial charge on any atom is 0.212 e. The van der Waals surface area contributed by atoms with Crippen LogP contribution in [0.15, 0.2) is 47.6 Å². The molecule has 0 bridgehead atoms. The lowest BCUT2D eigenvalue weighted by molar-refractivity contribution is 0.398. The molecule has 0 aliphatic heterocycles. The molecule has 1 aromatic heterocycles. The van der Waals surface area contributed by atoms with Crippen LogP contribution in [0.2, 0.25) is 0 Å². The third-order valence-electron chi connectivity index (χ3n) is 2.41. The van der Waals surface area contributed by atoms with Crippen LogP contribution in [0.1, 0.15) is 5.56 Å². The first-order chi connectivity index (χ1) is 8.83. The Labute approximate surface area is 106 Å². The summed E-state index contributed by atoms with van der Waals surface area (Å²) in [6, 6.07) is 11.3. The minimum atomic E-state index is 0.587. The molecule has 0 saturated heterocycles. The zero-order valence-electron chi connectivity index (χ0n) is 10.3. The van der Waals surface area contributed by atoms with Crippen LogP contribution in [0.3, 0.4) is 0 Å². The lowest BCUT2D eigenvalue weighted by Gasteiger charge is -2.02. The van der Waals surface area contributed by atoms with Crippen LogP contribution in [0.4, 0.5) is 5.69 Å². The van der Waals surface area contributed by atoms with E-state index in [1.54, 1.807) is 32.7 Å². The second-order valence-electron chi connectivity index (χ2n) is 3.56. The van der Waals surface area contributed by atoms with E-state index in [9.17, 15) is 0 Å². The minimum Gasteiger partial charge on any atom is -0.494 e. The van der Waals surface area contributed by atoms with Gasteiger partial charge in [0.15, 0.2) is 0 Å². The van der Waals surface area contributed by atoms with Crippen molar-refractivity contribution in [1.29, 1.82) is 0 Å². The van der Waals surface area contributed by atoms with E-state index in [4.69, 9.17) is 9.47 Å². The fourth-order valence-corrected chi connectivity index (χ4v) is 1.47. The first kappa shape index (κ1) is 12.1. The maximum absolute atomic E-state index is 5.22. The van der Waals surface area contributed by atoms with Gasteiger partial charge in [0.2, 0.25) is 5.88 Å². The lowest BCUT2D eigenvalue weighted by atomic mass is 10.3. The van der Waals surface area contributed by atoms with E-state index in [0.717, 1.165) is 17.0 Å². The van der Waals surface area contributed by atoms with Gasteiger partial charge in [0.1, 0.15) is 11.4 Å². The first-order valence-electron chi connectivity index (χ1n) is 5.50. The van der Waals surface area contributed by atoms with Crippen molar-refractivity contribution in [3.63, 3.8) is 0 Å². The van der Waals surface area contributed by atoms with Gasteiger partial charge in [-0.05, 0) is 18.2 Å². The number of hydrogen-bond donors (Lipinski definition) is 0. The minimum absolute atomic E-state index is 0.587. The second kappa shape index (κ2) is 5.82. The molecule has 0 saturated carbocycles. The first-order valence-corrected chi connectivity index (χ1v) is 5.50. The fraction of sp³-hybridized carbons (Fsp3) is 0.143. The van der Waals surface area contributed by atoms with Crippen molar-refractivity contribution < 1.29 is 9.47 Å². The topological polar surface area (TPSA) is 43.7 Å². The van der Waals surface area contributed by atoms with Crippen molar-refractivity contribution in [3.05, 3.63) is 48.2 Å². The molecule has 0 fully saturated rings. The van der Waals surface area contributed by atoms with E-state index in [0.29, 0.717) is 5.88 Å². The average Bonchev–Trinajstić information content (AvgIpc) is 2.46. The zero-order chi connectivity index (χ0) is 12.8. The number of nitrogens with zero attached hydrogens (tertiary/aromatic N) is 2. The van der Waals surface area contributed by atoms with E-state index in [1.165, 1.54) is 0 Å². The molecular weight excluding hydrogens is 228 g/mol. The number of hydrogen-bond acceptors (Lipinski definition) is 4. The van der Waals surface area contributed by atoms with Gasteiger partial charge in [0.05, 0.1) is 14.2 Å². The number of pyridine rings is 1. The summed E-state index contributed by atoms with van der Waals surface area (Å²) in [7, 11) is 3.22. The van der Waals surface area contributed by atoms with Crippen molar-refractivity contribution >= 4 is 11.9 Å². The Balaban J connectivity index is 2.19. The van der Waals surface area contributed by atoms with Crippen LogP contribution in [0.25, 0.3) is 0 Å². The summed E-state index contributed by atoms with van der Waals surface area (Å²) in [5, 5.41) is 0. The molecule has 4 heteroatoms. The van der Waals surface area contributed by atoms with E-state index in [2.05, 4.69) is 9.98 Å². The third-order valence-corrected chi connectivity index (χ3v) is 2.41. The Morgan fingerprint density at radius 2 is 1.89 bits per heavy atom. The van der Waals surface area contributed by atoms with Crippen molar-refractivity contribution in [2.75, 3.05) is 14.2 Å². The molecule has 2 aromatic rings. The van der Waals surface area contributed by atoms with Gasteiger partial charge in [-0.2, -0.15) is 0 Å². The molecule has 4 nitrogen and oxygen atoms in total. The van der Waals surface area contributed by atoms with Gasteiger partial charge >= 0.3 is 0 Å². The average molecular weight is 242 g/mol. The van der Waals surface area contributed by atoms with E-state index < -0.39 is 0 Å². The number of aromatic nitrogens is 1. The SMILES string of the molecule is COc1ccc(C=Nc2ccccc2OC)cn1. The van der Waals surface area contributed by atoms with Gasteiger partial charge in [-0.15, -0.1) is 0 Å². The molecule has 0 atom stereocenters. The summed E-state index contributed by atoms with van der Waals surface area (Å²) in [6.45, 7) is 0. The molecule has 2 rings (SSSR count). The Kier molecular flexibility index (Phi) is 3.91. The van der Waals surface area contributed by atoms with Gasteiger partial charge in [0, 0.05) is 24.0 Å². The highest BCUT2D eigenvalue weighted by Gasteiger charge is 1.98. The predicted molar refractivity (Wildman–Crippen MR) is 71.0 cm³/mol. The lowest BCUT2D eigenvalue weighted by Crippen LogP contribution is -1.89. The number of aliphatic imine (C=N–C) groups is 1. The van der Waals surface area contributed by atoms with E-state index in [-0.39, 0.29) is 0 Å². The van der Waals surface area contributed by atoms with Crippen molar-refractivity contribution in [2.45, 2.75) is 0 Å². The van der Waals surface area contributed by atoms with Crippen LogP contribution in [-0.2, 0) is 0 Å². The molecular formula is C14H14N2O2. The summed E-state index contributed by atoms with van der Waals surface area (Å²) >= 11 is 0. The molecule has 0 N–H and O–H groups in total. The van der Waals surface area contributed by atoms with Crippen LogP contribution in [0.5, 0.6) is 11.6 Å². The summed E-state index contributed by atoms with van der Waals surface area (Å²) in [5.74, 6) is 1.33. The molecule has 0 amide bonds. The zero-order valence-corrected chi connectivity index (χ0v) is 10.3. The second-order valence-corrected chi connectivity index (χ2v) is 3.56. The summed E-state index contributed by atoms with van der Waals surface area (Å²) in [6.07, 6.45) is 3.45. The van der Waals surface area contributed by atoms with E-state index in [1.807, 2.05) is 30.3 Å². The monoisotopic (exact) mass is 242 g/mol. The Hall–Kier alpha value is -2.36. The summed E-state index contributed by atoms with van der Waals surface area (Å²) < 4.78 is 10.2. The number of para-hydroxylation sites is 2. The Morgan fingerprint density at radius 3 is 2.56 bits per heavy atom. The standard InChI is InChI=1S/C14H14N2O2/c1-17-13-6-4-3-5-12(13)15-9-11-7-8-14(18-2)16-10-11/h3-10H,1-2H3. The molecule has 0 aliphatic rings. The van der Waals surface area contributed by atoms with Gasteiger partial charge in [-0.1, -0.05) is 12.1 Å². The van der Waals surface area contributed by atoms with Crippen LogP contribution in [-0.4, -0.2) is 25.4 Å². The molecule has 0 unspecified atom stereocenters. The van der Waals surface area contributed by atoms with Gasteiger partial charge in [0.25, 0.3) is 0 Å². The molecule has 0 spiro atoms. The van der Waals surface area contributed by atoms with Crippen LogP contribution in [0, 0.1) is 0 Å². The smallest absolute Gasteiger partial charge is 0.212 e. The molecule has 0 aliphatic carbocycles. The number of rotatable bonds is 4. The third kappa shape index (κ3) is 2.85. The summed E-state index contributed by atoms with van der Waals surface area (Å²) in [4.78, 5) is 8.48. The summed E-state index contributed by atoms with van der Waals surface area (Å²) in [5.41, 5.74) is 1.69.